The molecule has 3 saturated heterocycles. The molecule has 29 nitrogen and oxygen atoms in total. The van der Waals surface area contributed by atoms with E-state index >= 15 is 0 Å². The molecule has 6 aromatic heterocycles. The molecule has 9 heterocycles. The normalized spacial score (nSPS) is 28.3. The fourth-order valence-electron chi connectivity index (χ4n) is 7.86. The first-order chi connectivity index (χ1) is 31.8. The van der Waals surface area contributed by atoms with Gasteiger partial charge in [-0.15, -0.1) is 0 Å². The molecule has 0 saturated carbocycles. The Kier molecular flexibility index (Phi) is 13.4. The molecule has 0 bridgehead atoms. The van der Waals surface area contributed by atoms with E-state index in [4.69, 9.17) is 58.6 Å². The van der Waals surface area contributed by atoms with Gasteiger partial charge in [-0.3, -0.25) is 55.9 Å². The van der Waals surface area contributed by atoms with Crippen molar-refractivity contribution in [1.82, 2.24) is 58.6 Å². The predicted octanol–water partition coefficient (Wildman–Crippen LogP) is 2.92. The summed E-state index contributed by atoms with van der Waals surface area (Å²) >= 11 is 12.5. The van der Waals surface area contributed by atoms with Crippen LogP contribution >= 0.6 is 57.1 Å². The molecule has 3 fully saturated rings. The summed E-state index contributed by atoms with van der Waals surface area (Å²) < 4.78 is 97.7. The Morgan fingerprint density at radius 2 is 1.07 bits per heavy atom. The lowest BCUT2D eigenvalue weighted by Gasteiger charge is -2.25. The number of nitrogen functional groups attached to an aromatic ring is 3. The molecule has 35 heteroatoms. The first-order valence-corrected chi connectivity index (χ1v) is 28.0. The molecule has 6 aromatic rings. The molecule has 67 heavy (non-hydrogen) atoms. The quantitative estimate of drug-likeness (QED) is 0.0481. The van der Waals surface area contributed by atoms with Crippen LogP contribution in [0.2, 0.25) is 0 Å². The lowest BCUT2D eigenvalue weighted by molar-refractivity contribution is -0.0467. The van der Waals surface area contributed by atoms with Crippen molar-refractivity contribution in [2.24, 2.45) is 5.92 Å². The molecule has 0 amide bonds. The third-order valence-electron chi connectivity index (χ3n) is 11.1. The highest BCUT2D eigenvalue weighted by Crippen LogP contribution is 2.59. The molecule has 0 spiro atoms. The summed E-state index contributed by atoms with van der Waals surface area (Å²) in [6.07, 6.45) is -1.75. The number of fused-ring (bicyclic) bond motifs is 3. The number of nitrogens with two attached hydrogens (primary N) is 3. The second-order valence-electron chi connectivity index (χ2n) is 15.5. The van der Waals surface area contributed by atoms with E-state index in [1.54, 1.807) is 9.13 Å². The van der Waals surface area contributed by atoms with E-state index in [0.717, 1.165) is 7.11 Å². The van der Waals surface area contributed by atoms with Crippen molar-refractivity contribution in [2.75, 3.05) is 44.1 Å². The number of hydrogen-bond acceptors (Lipinski definition) is 24. The van der Waals surface area contributed by atoms with Gasteiger partial charge in [0, 0.05) is 20.0 Å². The molecule has 8 N–H and O–H groups in total. The van der Waals surface area contributed by atoms with Gasteiger partial charge < -0.3 is 35.9 Å². The van der Waals surface area contributed by atoms with Crippen molar-refractivity contribution < 1.29 is 55.0 Å². The number of thiol groups is 3. The Labute approximate surface area is 391 Å². The average molecular weight is 1050 g/mol. The highest BCUT2D eigenvalue weighted by Gasteiger charge is 2.46. The van der Waals surface area contributed by atoms with Crippen LogP contribution in [-0.4, -0.2) is 116 Å². The number of anilines is 3. The van der Waals surface area contributed by atoms with Gasteiger partial charge >= 0.3 is 20.4 Å². The van der Waals surface area contributed by atoms with Gasteiger partial charge in [-0.05, 0) is 12.3 Å². The minimum atomic E-state index is -4.39. The van der Waals surface area contributed by atoms with Crippen LogP contribution < -0.4 is 28.3 Å². The van der Waals surface area contributed by atoms with Crippen molar-refractivity contribution in [3.8, 4) is 0 Å². The number of imidazole rings is 3. The maximum Gasteiger partial charge on any atom is 0.386 e. The molecule has 6 unspecified atom stereocenters. The topological polar surface area (TPSA) is 383 Å². The van der Waals surface area contributed by atoms with Gasteiger partial charge in [0.2, 0.25) is 11.9 Å². The van der Waals surface area contributed by atoms with Crippen LogP contribution in [0.15, 0.2) is 34.9 Å². The number of ether oxygens (including phenoxy) is 3. The Bertz CT molecular complexity index is 3100. The first-order valence-electron chi connectivity index (χ1n) is 20.0. The molecular formula is C32H42N15O14P3S3. The number of aromatic nitrogens is 12. The molecule has 12 atom stereocenters. The number of rotatable bonds is 17. The molecule has 0 aliphatic carbocycles. The largest absolute Gasteiger partial charge is 0.386 e. The summed E-state index contributed by atoms with van der Waals surface area (Å²) in [6, 6.07) is 0. The van der Waals surface area contributed by atoms with Gasteiger partial charge in [0.15, 0.2) is 33.8 Å². The van der Waals surface area contributed by atoms with Crippen molar-refractivity contribution in [1.29, 1.82) is 0 Å². The molecular weight excluding hydrogens is 1010 g/mol. The minimum Gasteiger partial charge on any atom is -0.382 e. The van der Waals surface area contributed by atoms with Crippen LogP contribution in [0.25, 0.3) is 33.5 Å². The van der Waals surface area contributed by atoms with Crippen LogP contribution in [0, 0.1) is 5.92 Å². The molecule has 9 rings (SSSR count). The van der Waals surface area contributed by atoms with Crippen LogP contribution in [0.3, 0.4) is 0 Å². The first kappa shape index (κ1) is 48.1. The average Bonchev–Trinajstić information content (AvgIpc) is 4.12. The maximum absolute atomic E-state index is 14.1. The zero-order valence-electron chi connectivity index (χ0n) is 34.9. The van der Waals surface area contributed by atoms with Gasteiger partial charge in [-0.1, -0.05) is 43.7 Å². The van der Waals surface area contributed by atoms with E-state index in [2.05, 4.69) is 81.6 Å². The van der Waals surface area contributed by atoms with Crippen molar-refractivity contribution in [3.63, 3.8) is 0 Å². The third kappa shape index (κ3) is 10.2. The van der Waals surface area contributed by atoms with E-state index < -0.39 is 93.9 Å². The summed E-state index contributed by atoms with van der Waals surface area (Å²) in [5.41, 5.74) is 17.5. The molecule has 0 aromatic carbocycles. The van der Waals surface area contributed by atoms with Gasteiger partial charge in [-0.2, -0.15) is 9.97 Å². The van der Waals surface area contributed by atoms with Crippen molar-refractivity contribution >= 4 is 108 Å². The zero-order valence-corrected chi connectivity index (χ0v) is 40.2. The fourth-order valence-corrected chi connectivity index (χ4v) is 11.5. The van der Waals surface area contributed by atoms with E-state index in [9.17, 15) is 23.3 Å². The number of nitrogens with zero attached hydrogens (tertiary/aromatic N) is 10. The van der Waals surface area contributed by atoms with E-state index in [1.807, 2.05) is 6.92 Å². The lowest BCUT2D eigenvalue weighted by atomic mass is 10.0. The standard InChI is InChI=1S/C32H42N15O14P3S3/c1-13-3-19(46-11-39-23-27(46)41-31(34)43-29(23)48)57-16(13)6-55-63(51,66)60-15-5-21(47-12-40-24-28(47)42-32(35)44-30(24)49)59-18(15)8-56-64(52,67)61-14-4-20(58-17(14)7-54-62(50,65)53-2)45-10-38-22-25(33)36-9-37-26(22)45/h9-21H,3-8H2,1-2H3,(H,50,65)(H,51,66)(H,52,67)(H2,33,36,37)(H3,34,41,43,48)(H3,35,42,44,49)/t13?,14?,15?,16-,17-,18-,19-,20-,21-,62?,63?,64?/m1/s1. The molecule has 362 valence electrons. The third-order valence-corrected chi connectivity index (χ3v) is 16.2. The SMILES string of the molecule is COP(=O)(S)OC[C@H]1O[C@@H](n2cnc3c(N)ncnc32)CC1OP(=O)(S)OC[C@H]1O[C@@H](n2cnc3c(=O)[nH]c(N)nc32)CC1OP(=O)(S)OC[C@H]1O[C@@H](n2cnc3c(=O)[nH]c(N)nc32)CC1C. The molecule has 0 radical (unpaired) electrons. The van der Waals surface area contributed by atoms with Crippen molar-refractivity contribution in [2.45, 2.75) is 75.4 Å². The van der Waals surface area contributed by atoms with Gasteiger partial charge in [0.05, 0.1) is 44.9 Å². The molecule has 3 aliphatic heterocycles. The van der Waals surface area contributed by atoms with Crippen molar-refractivity contribution in [3.05, 3.63) is 46.0 Å². The second kappa shape index (κ2) is 18.7. The highest BCUT2D eigenvalue weighted by molar-refractivity contribution is 8.45. The van der Waals surface area contributed by atoms with Crippen LogP contribution in [-0.2, 0) is 55.0 Å². The Hall–Kier alpha value is -3.97. The summed E-state index contributed by atoms with van der Waals surface area (Å²) in [7, 11) is 1.15. The second-order valence-corrected chi connectivity index (χ2v) is 24.3. The monoisotopic (exact) mass is 1050 g/mol. The van der Waals surface area contributed by atoms with Crippen LogP contribution in [0.1, 0.15) is 44.9 Å². The summed E-state index contributed by atoms with van der Waals surface area (Å²) in [5, 5.41) is 0. The fraction of sp³-hybridized carbons (Fsp3) is 0.531. The number of hydrogen-bond donors (Lipinski definition) is 8. The number of nitrogens with one attached hydrogen (secondary N) is 2. The Morgan fingerprint density at radius 3 is 1.58 bits per heavy atom. The van der Waals surface area contributed by atoms with E-state index in [-0.39, 0.29) is 65.4 Å². The predicted molar refractivity (Wildman–Crippen MR) is 244 cm³/mol. The number of H-pyrrole nitrogens is 2. The van der Waals surface area contributed by atoms with E-state index in [1.165, 1.54) is 29.9 Å². The summed E-state index contributed by atoms with van der Waals surface area (Å²) in [5.74, 6) is -0.305. The zero-order chi connectivity index (χ0) is 47.6. The van der Waals surface area contributed by atoms with Crippen LogP contribution in [0.5, 0.6) is 0 Å². The Morgan fingerprint density at radius 1 is 0.642 bits per heavy atom. The van der Waals surface area contributed by atoms with E-state index in [0.29, 0.717) is 17.6 Å². The Balaban J connectivity index is 0.905. The summed E-state index contributed by atoms with van der Waals surface area (Å²) in [4.78, 5) is 58.9. The molecule has 3 aliphatic rings. The van der Waals surface area contributed by atoms with Gasteiger partial charge in [-0.25, -0.2) is 38.6 Å². The highest BCUT2D eigenvalue weighted by atomic mass is 32.7. The maximum atomic E-state index is 14.1. The number of aromatic amines is 2. The van der Waals surface area contributed by atoms with Gasteiger partial charge in [0.1, 0.15) is 54.9 Å². The summed E-state index contributed by atoms with van der Waals surface area (Å²) in [6.45, 7) is -11.8. The minimum absolute atomic E-state index is 0.00630. The van der Waals surface area contributed by atoms with Crippen LogP contribution in [0.4, 0.5) is 17.7 Å². The lowest BCUT2D eigenvalue weighted by Crippen LogP contribution is -2.30. The van der Waals surface area contributed by atoms with Gasteiger partial charge in [0.25, 0.3) is 11.1 Å². The smallest absolute Gasteiger partial charge is 0.382 e.